The lowest BCUT2D eigenvalue weighted by Crippen LogP contribution is -2.34. The molecular weight excluding hydrogens is 440 g/mol. The Morgan fingerprint density at radius 1 is 1.37 bits per heavy atom. The van der Waals surface area contributed by atoms with E-state index in [1.807, 2.05) is 19.1 Å². The summed E-state index contributed by atoms with van der Waals surface area (Å²) in [5, 5.41) is 4.49. The third kappa shape index (κ3) is 5.83. The van der Waals surface area contributed by atoms with Crippen LogP contribution in [0.1, 0.15) is 51.6 Å². The fraction of sp³-hybridized carbons (Fsp3) is 0.545. The Kier molecular flexibility index (Phi) is 7.93. The molecule has 1 aliphatic rings. The lowest BCUT2D eigenvalue weighted by molar-refractivity contribution is -0.150. The molecule has 0 aliphatic heterocycles. The first-order valence-electron chi connectivity index (χ1n) is 10.3. The molecule has 0 radical (unpaired) electrons. The van der Waals surface area contributed by atoms with Gasteiger partial charge in [-0.3, -0.25) is 4.21 Å². The topological polar surface area (TPSA) is 68.3 Å². The van der Waals surface area contributed by atoms with Crippen LogP contribution in [0.15, 0.2) is 23.1 Å². The van der Waals surface area contributed by atoms with Crippen LogP contribution in [0.4, 0.5) is 5.13 Å². The first kappa shape index (κ1) is 23.2. The molecule has 0 spiro atoms. The monoisotopic (exact) mass is 468 g/mol. The molecule has 8 heteroatoms. The number of hydrogen-bond donors (Lipinski definition) is 1. The van der Waals surface area contributed by atoms with Crippen LogP contribution in [-0.4, -0.2) is 33.6 Å². The van der Waals surface area contributed by atoms with Crippen LogP contribution in [0.25, 0.3) is 10.4 Å². The van der Waals surface area contributed by atoms with E-state index < -0.39 is 16.8 Å². The highest BCUT2D eigenvalue weighted by Crippen LogP contribution is 2.36. The number of rotatable bonds is 8. The summed E-state index contributed by atoms with van der Waals surface area (Å²) in [6.45, 7) is 6.12. The number of nitrogens with zero attached hydrogens (tertiary/aromatic N) is 1. The van der Waals surface area contributed by atoms with Crippen LogP contribution in [0.5, 0.6) is 0 Å². The molecule has 1 fully saturated rings. The first-order chi connectivity index (χ1) is 14.2. The second-order valence-corrected chi connectivity index (χ2v) is 11.0. The third-order valence-corrected chi connectivity index (χ3v) is 7.71. The van der Waals surface area contributed by atoms with Crippen LogP contribution >= 0.6 is 22.9 Å². The Balaban J connectivity index is 1.80. The Labute approximate surface area is 190 Å². The van der Waals surface area contributed by atoms with Crippen molar-refractivity contribution >= 4 is 44.8 Å². The number of nitrogens with one attached hydrogen (secondary N) is 1. The second-order valence-electron chi connectivity index (χ2n) is 8.20. The van der Waals surface area contributed by atoms with Gasteiger partial charge in [-0.05, 0) is 62.6 Å². The number of esters is 1. The Morgan fingerprint density at radius 2 is 2.07 bits per heavy atom. The van der Waals surface area contributed by atoms with Crippen molar-refractivity contribution in [1.82, 2.24) is 4.98 Å². The molecule has 0 amide bonds. The van der Waals surface area contributed by atoms with Gasteiger partial charge in [0.25, 0.3) is 0 Å². The number of hydrogen-bond acceptors (Lipinski definition) is 6. The Hall–Kier alpha value is -1.44. The third-order valence-electron chi connectivity index (χ3n) is 5.17. The van der Waals surface area contributed by atoms with E-state index in [1.54, 1.807) is 12.3 Å². The molecule has 1 N–H and O–H groups in total. The van der Waals surface area contributed by atoms with Crippen LogP contribution < -0.4 is 5.32 Å². The number of aryl methyl sites for hydroxylation is 1. The average molecular weight is 469 g/mol. The van der Waals surface area contributed by atoms with Crippen LogP contribution in [0.3, 0.4) is 0 Å². The molecular formula is C22H29ClN2O3S2. The van der Waals surface area contributed by atoms with Gasteiger partial charge in [0.2, 0.25) is 0 Å². The van der Waals surface area contributed by atoms with Gasteiger partial charge >= 0.3 is 5.97 Å². The minimum absolute atomic E-state index is 0.0463. The summed E-state index contributed by atoms with van der Waals surface area (Å²) in [5.41, 5.74) is 1.77. The normalized spacial score (nSPS) is 16.6. The van der Waals surface area contributed by atoms with E-state index in [-0.39, 0.29) is 12.1 Å². The fourth-order valence-corrected chi connectivity index (χ4v) is 5.77. The van der Waals surface area contributed by atoms with Crippen molar-refractivity contribution < 1.29 is 13.7 Å². The van der Waals surface area contributed by atoms with Crippen molar-refractivity contribution in [2.75, 3.05) is 11.6 Å². The number of carbonyl (C=O) groups is 1. The predicted molar refractivity (Wildman–Crippen MR) is 125 cm³/mol. The molecule has 3 rings (SSSR count). The maximum Gasteiger partial charge on any atom is 0.328 e. The zero-order valence-electron chi connectivity index (χ0n) is 17.9. The standard InChI is InChI=1S/C22H29ClN2O3S2/c1-13(2)11-18(21(26)28-16-7-5-6-8-16)25-22-24-14(3)20(29-22)15-9-10-17(23)19(12-15)30(4)27/h9-10,12-13,16,18H,5-8,11H2,1-4H3,(H,24,25). The molecule has 5 nitrogen and oxygen atoms in total. The van der Waals surface area contributed by atoms with E-state index in [9.17, 15) is 9.00 Å². The SMILES string of the molecule is Cc1nc(NC(CC(C)C)C(=O)OC2CCCC2)sc1-c1ccc(Cl)c(S(C)=O)c1. The van der Waals surface area contributed by atoms with Gasteiger partial charge in [-0.2, -0.15) is 0 Å². The lowest BCUT2D eigenvalue weighted by atomic mass is 10.0. The maximum absolute atomic E-state index is 12.8. The van der Waals surface area contributed by atoms with E-state index in [1.165, 1.54) is 11.3 Å². The molecule has 0 bridgehead atoms. The maximum atomic E-state index is 12.8. The number of anilines is 1. The van der Waals surface area contributed by atoms with Crippen LogP contribution in [0, 0.1) is 12.8 Å². The molecule has 2 unspecified atom stereocenters. The summed E-state index contributed by atoms with van der Waals surface area (Å²) < 4.78 is 17.7. The van der Waals surface area contributed by atoms with Crippen molar-refractivity contribution in [3.8, 4) is 10.4 Å². The fourth-order valence-electron chi connectivity index (χ4n) is 3.68. The zero-order chi connectivity index (χ0) is 21.8. The van der Waals surface area contributed by atoms with E-state index in [2.05, 4.69) is 24.1 Å². The summed E-state index contributed by atoms with van der Waals surface area (Å²) in [6, 6.07) is 5.10. The number of benzene rings is 1. The van der Waals surface area contributed by atoms with Crippen molar-refractivity contribution in [3.63, 3.8) is 0 Å². The summed E-state index contributed by atoms with van der Waals surface area (Å²) in [4.78, 5) is 19.0. The molecule has 1 saturated carbocycles. The number of aromatic nitrogens is 1. The largest absolute Gasteiger partial charge is 0.461 e. The van der Waals surface area contributed by atoms with Crippen molar-refractivity contribution in [1.29, 1.82) is 0 Å². The number of thiazole rings is 1. The average Bonchev–Trinajstić information content (AvgIpc) is 3.30. The van der Waals surface area contributed by atoms with Gasteiger partial charge < -0.3 is 10.1 Å². The quantitative estimate of drug-likeness (QED) is 0.494. The van der Waals surface area contributed by atoms with E-state index in [4.69, 9.17) is 16.3 Å². The van der Waals surface area contributed by atoms with E-state index >= 15 is 0 Å². The van der Waals surface area contributed by atoms with Gasteiger partial charge in [0.05, 0.1) is 31.3 Å². The van der Waals surface area contributed by atoms with Gasteiger partial charge in [0.1, 0.15) is 12.1 Å². The van der Waals surface area contributed by atoms with Gasteiger partial charge in [0, 0.05) is 6.26 Å². The number of carbonyl (C=O) groups excluding carboxylic acids is 1. The van der Waals surface area contributed by atoms with Gasteiger partial charge in [-0.1, -0.05) is 42.9 Å². The molecule has 1 aliphatic carbocycles. The first-order valence-corrected chi connectivity index (χ1v) is 13.1. The zero-order valence-corrected chi connectivity index (χ0v) is 20.3. The van der Waals surface area contributed by atoms with Crippen molar-refractivity contribution in [2.24, 2.45) is 5.92 Å². The summed E-state index contributed by atoms with van der Waals surface area (Å²) in [7, 11) is -1.17. The minimum Gasteiger partial charge on any atom is -0.461 e. The second kappa shape index (κ2) is 10.2. The highest BCUT2D eigenvalue weighted by atomic mass is 35.5. The summed E-state index contributed by atoms with van der Waals surface area (Å²) >= 11 is 7.66. The molecule has 1 aromatic carbocycles. The van der Waals surface area contributed by atoms with Crippen LogP contribution in [0.2, 0.25) is 5.02 Å². The molecule has 1 heterocycles. The molecule has 30 heavy (non-hydrogen) atoms. The highest BCUT2D eigenvalue weighted by Gasteiger charge is 2.27. The summed E-state index contributed by atoms with van der Waals surface area (Å²) in [6.07, 6.45) is 6.51. The smallest absolute Gasteiger partial charge is 0.328 e. The van der Waals surface area contributed by atoms with E-state index in [0.717, 1.165) is 41.8 Å². The van der Waals surface area contributed by atoms with Crippen molar-refractivity contribution in [2.45, 2.75) is 69.9 Å². The van der Waals surface area contributed by atoms with Gasteiger partial charge in [-0.15, -0.1) is 0 Å². The van der Waals surface area contributed by atoms with Gasteiger partial charge in [0.15, 0.2) is 5.13 Å². The molecule has 1 aromatic heterocycles. The Morgan fingerprint density at radius 3 is 2.70 bits per heavy atom. The molecule has 2 aromatic rings. The predicted octanol–water partition coefficient (Wildman–Crippen LogP) is 5.82. The van der Waals surface area contributed by atoms with Crippen LogP contribution in [-0.2, 0) is 20.3 Å². The minimum atomic E-state index is -1.17. The molecule has 0 saturated heterocycles. The summed E-state index contributed by atoms with van der Waals surface area (Å²) in [5.74, 6) is 0.151. The highest BCUT2D eigenvalue weighted by molar-refractivity contribution is 7.84. The number of halogens is 1. The van der Waals surface area contributed by atoms with Gasteiger partial charge in [-0.25, -0.2) is 9.78 Å². The molecule has 164 valence electrons. The lowest BCUT2D eigenvalue weighted by Gasteiger charge is -2.21. The number of ether oxygens (including phenoxy) is 1. The molecule has 2 atom stereocenters. The Bertz CT molecular complexity index is 923. The van der Waals surface area contributed by atoms with E-state index in [0.29, 0.717) is 27.4 Å². The van der Waals surface area contributed by atoms with Crippen molar-refractivity contribution in [3.05, 3.63) is 28.9 Å².